The molecule has 4 nitrogen and oxygen atoms in total. The van der Waals surface area contributed by atoms with E-state index < -0.39 is 0 Å². The molecule has 1 radical (unpaired) electrons. The third-order valence-electron chi connectivity index (χ3n) is 6.86. The molecule has 187 valence electrons. The monoisotopic (exact) mass is 507 g/mol. The number of allylic oxidation sites excluding steroid dienone is 4. The van der Waals surface area contributed by atoms with Gasteiger partial charge in [0.05, 0.1) is 12.1 Å². The van der Waals surface area contributed by atoms with Crippen LogP contribution >= 0.6 is 0 Å². The quantitative estimate of drug-likeness (QED) is 0.399. The van der Waals surface area contributed by atoms with Gasteiger partial charge in [-0.25, -0.2) is 0 Å². The molecule has 3 rings (SSSR count). The maximum Gasteiger partial charge on any atom is 0.128 e. The van der Waals surface area contributed by atoms with Gasteiger partial charge in [0.2, 0.25) is 0 Å². The molecule has 2 aliphatic carbocycles. The molecule has 0 heterocycles. The number of aromatic hydroxyl groups is 1. The number of aliphatic hydroxyl groups excluding tert-OH is 1. The Morgan fingerprint density at radius 2 is 1.82 bits per heavy atom. The molecule has 2 N–H and O–H groups in total. The number of hydrogen-bond acceptors (Lipinski definition) is 4. The summed E-state index contributed by atoms with van der Waals surface area (Å²) in [6.45, 7) is 14.7. The first-order valence-electron chi connectivity index (χ1n) is 12.3. The maximum atomic E-state index is 10.8. The molecule has 0 saturated heterocycles. The van der Waals surface area contributed by atoms with Crippen LogP contribution in [-0.2, 0) is 22.2 Å². The minimum Gasteiger partial charge on any atom is -0.508 e. The van der Waals surface area contributed by atoms with E-state index in [9.17, 15) is 10.2 Å². The van der Waals surface area contributed by atoms with Crippen LogP contribution < -0.4 is 0 Å². The molecule has 1 fully saturated rings. The van der Waals surface area contributed by atoms with Gasteiger partial charge >= 0.3 is 0 Å². The first-order chi connectivity index (χ1) is 15.6. The number of rotatable bonds is 6. The molecule has 34 heavy (non-hydrogen) atoms. The average molecular weight is 508 g/mol. The Labute approximate surface area is 215 Å². The van der Waals surface area contributed by atoms with Crippen molar-refractivity contribution in [3.63, 3.8) is 0 Å². The molecule has 2 aliphatic rings. The standard InChI is InChI=1S/C29H40N2O2.Co/c1-7-20(3)27(22-17-19(2)15-16-26(22)32)31-25-14-9-8-13-24(25)30-18-21-11-10-12-23(28(21)33)29(4,5)6;/h10-12,15-16,18,20,24-25,32-33H,2,7-9,13-14,17H2,1,3-6H3;/t20?,24-,25-;/m0./s1. The van der Waals surface area contributed by atoms with Crippen molar-refractivity contribution in [2.24, 2.45) is 15.9 Å². The summed E-state index contributed by atoms with van der Waals surface area (Å²) in [6, 6.07) is 6.03. The fraction of sp³-hybridized carbons (Fsp3) is 0.517. The fourth-order valence-electron chi connectivity index (χ4n) is 4.63. The molecular weight excluding hydrogens is 467 g/mol. The minimum absolute atomic E-state index is 0. The third kappa shape index (κ3) is 6.73. The minimum atomic E-state index is -0.134. The molecule has 1 aromatic carbocycles. The van der Waals surface area contributed by atoms with Gasteiger partial charge in [0, 0.05) is 46.3 Å². The van der Waals surface area contributed by atoms with Crippen LogP contribution in [-0.4, -0.2) is 34.2 Å². The molecule has 1 saturated carbocycles. The normalized spacial score (nSPS) is 22.7. The predicted molar refractivity (Wildman–Crippen MR) is 140 cm³/mol. The van der Waals surface area contributed by atoms with Crippen LogP contribution in [0, 0.1) is 5.92 Å². The molecular formula is C29H40CoN2O2. The van der Waals surface area contributed by atoms with E-state index >= 15 is 0 Å². The zero-order chi connectivity index (χ0) is 24.2. The Morgan fingerprint density at radius 1 is 1.15 bits per heavy atom. The first-order valence-corrected chi connectivity index (χ1v) is 12.3. The van der Waals surface area contributed by atoms with E-state index in [2.05, 4.69) is 41.2 Å². The summed E-state index contributed by atoms with van der Waals surface area (Å²) < 4.78 is 0. The number of phenolic OH excluding ortho intramolecular Hbond substituents is 1. The Morgan fingerprint density at radius 3 is 2.47 bits per heavy atom. The van der Waals surface area contributed by atoms with Crippen LogP contribution in [0.1, 0.15) is 84.3 Å². The van der Waals surface area contributed by atoms with E-state index in [4.69, 9.17) is 9.98 Å². The molecule has 3 atom stereocenters. The fourth-order valence-corrected chi connectivity index (χ4v) is 4.63. The predicted octanol–water partition coefficient (Wildman–Crippen LogP) is 7.23. The number of aliphatic imine (C=N–C) groups is 2. The number of benzene rings is 1. The van der Waals surface area contributed by atoms with E-state index in [1.165, 1.54) is 0 Å². The van der Waals surface area contributed by atoms with Crippen molar-refractivity contribution in [3.05, 3.63) is 65.0 Å². The van der Waals surface area contributed by atoms with Crippen LogP contribution in [0.2, 0.25) is 0 Å². The van der Waals surface area contributed by atoms with Crippen molar-refractivity contribution in [2.45, 2.75) is 90.6 Å². The van der Waals surface area contributed by atoms with Crippen molar-refractivity contribution in [2.75, 3.05) is 0 Å². The Balaban J connectivity index is 0.00000408. The number of hydrogen-bond donors (Lipinski definition) is 2. The third-order valence-corrected chi connectivity index (χ3v) is 6.86. The molecule has 0 amide bonds. The van der Waals surface area contributed by atoms with Crippen molar-refractivity contribution < 1.29 is 27.0 Å². The van der Waals surface area contributed by atoms with E-state index in [0.717, 1.165) is 60.1 Å². The van der Waals surface area contributed by atoms with Crippen molar-refractivity contribution in [1.82, 2.24) is 0 Å². The Hall–Kier alpha value is -2.11. The molecule has 0 spiro atoms. The summed E-state index contributed by atoms with van der Waals surface area (Å²) >= 11 is 0. The smallest absolute Gasteiger partial charge is 0.128 e. The second kappa shape index (κ2) is 12.0. The summed E-state index contributed by atoms with van der Waals surface area (Å²) in [7, 11) is 0. The van der Waals surface area contributed by atoms with Crippen molar-refractivity contribution in [3.8, 4) is 5.75 Å². The number of nitrogens with zero attached hydrogens (tertiary/aromatic N) is 2. The molecule has 1 aromatic rings. The van der Waals surface area contributed by atoms with Gasteiger partial charge in [-0.1, -0.05) is 77.8 Å². The SMILES string of the molecule is C=C1C=CC(O)=C(C(=N[C@H]2CCCC[C@@H]2N=Cc2cccc(C(C)(C)C)c2O)C(C)CC)C1.[Co]. The second-order valence-corrected chi connectivity index (χ2v) is 10.5. The van der Waals surface area contributed by atoms with Gasteiger partial charge in [-0.05, 0) is 48.3 Å². The van der Waals surface area contributed by atoms with Gasteiger partial charge in [-0.2, -0.15) is 0 Å². The molecule has 5 heteroatoms. The van der Waals surface area contributed by atoms with E-state index in [0.29, 0.717) is 17.9 Å². The average Bonchev–Trinajstić information content (AvgIpc) is 2.78. The number of phenols is 1. The van der Waals surface area contributed by atoms with Gasteiger partial charge in [0.15, 0.2) is 0 Å². The second-order valence-electron chi connectivity index (χ2n) is 10.5. The van der Waals surface area contributed by atoms with Crippen LogP contribution in [0.25, 0.3) is 0 Å². The maximum absolute atomic E-state index is 10.8. The van der Waals surface area contributed by atoms with Crippen molar-refractivity contribution in [1.29, 1.82) is 0 Å². The molecule has 0 aromatic heterocycles. The van der Waals surface area contributed by atoms with Crippen LogP contribution in [0.15, 0.2) is 63.8 Å². The Bertz CT molecular complexity index is 998. The van der Waals surface area contributed by atoms with E-state index in [1.54, 1.807) is 6.08 Å². The van der Waals surface area contributed by atoms with Crippen LogP contribution in [0.4, 0.5) is 0 Å². The zero-order valence-corrected chi connectivity index (χ0v) is 22.3. The summed E-state index contributed by atoms with van der Waals surface area (Å²) in [5.41, 5.74) is 4.44. The summed E-state index contributed by atoms with van der Waals surface area (Å²) in [6.07, 6.45) is 11.3. The van der Waals surface area contributed by atoms with Crippen LogP contribution in [0.3, 0.4) is 0 Å². The Kier molecular flexibility index (Phi) is 9.95. The number of aliphatic hydroxyl groups is 1. The largest absolute Gasteiger partial charge is 0.508 e. The van der Waals surface area contributed by atoms with E-state index in [-0.39, 0.29) is 40.2 Å². The summed E-state index contributed by atoms with van der Waals surface area (Å²) in [4.78, 5) is 10.2. The summed E-state index contributed by atoms with van der Waals surface area (Å²) in [5, 5.41) is 21.4. The van der Waals surface area contributed by atoms with Gasteiger partial charge in [-0.15, -0.1) is 0 Å². The number of para-hydroxylation sites is 1. The zero-order valence-electron chi connectivity index (χ0n) is 21.3. The van der Waals surface area contributed by atoms with E-state index in [1.807, 2.05) is 30.5 Å². The van der Waals surface area contributed by atoms with Gasteiger partial charge < -0.3 is 10.2 Å². The van der Waals surface area contributed by atoms with Gasteiger partial charge in [0.25, 0.3) is 0 Å². The van der Waals surface area contributed by atoms with Gasteiger partial charge in [0.1, 0.15) is 11.5 Å². The summed E-state index contributed by atoms with van der Waals surface area (Å²) in [5.74, 6) is 0.870. The molecule has 0 bridgehead atoms. The molecule has 0 aliphatic heterocycles. The first kappa shape index (κ1) is 28.1. The van der Waals surface area contributed by atoms with Crippen molar-refractivity contribution >= 4 is 11.9 Å². The van der Waals surface area contributed by atoms with Gasteiger partial charge in [-0.3, -0.25) is 9.98 Å². The topological polar surface area (TPSA) is 65.2 Å². The van der Waals surface area contributed by atoms with Crippen LogP contribution in [0.5, 0.6) is 5.75 Å². The molecule has 1 unspecified atom stereocenters.